The number of rotatable bonds is 10. The van der Waals surface area contributed by atoms with Crippen molar-refractivity contribution >= 4 is 11.9 Å². The third-order valence-electron chi connectivity index (χ3n) is 5.46. The van der Waals surface area contributed by atoms with Gasteiger partial charge in [0.2, 0.25) is 5.91 Å². The van der Waals surface area contributed by atoms with Gasteiger partial charge in [0, 0.05) is 38.2 Å². The average Bonchev–Trinajstić information content (AvgIpc) is 3.57. The molecule has 1 saturated heterocycles. The molecule has 6 nitrogen and oxygen atoms in total. The molecular weight excluding hydrogens is 364 g/mol. The topological polar surface area (TPSA) is 66.0 Å². The molecule has 0 aromatic heterocycles. The van der Waals surface area contributed by atoms with Crippen LogP contribution >= 0.6 is 0 Å². The zero-order chi connectivity index (χ0) is 20.3. The number of nitrogens with one attached hydrogen (secondary N) is 2. The number of amides is 1. The SMILES string of the molecule is CCNC(=NCc1ccccc1OCC1CC1)NCCCN1CCCCCC1=O. The normalized spacial score (nSPS) is 17.8. The molecule has 29 heavy (non-hydrogen) atoms. The van der Waals surface area contributed by atoms with E-state index in [1.54, 1.807) is 0 Å². The van der Waals surface area contributed by atoms with Gasteiger partial charge >= 0.3 is 0 Å². The Morgan fingerprint density at radius 2 is 2.07 bits per heavy atom. The molecule has 1 aliphatic heterocycles. The first-order valence-electron chi connectivity index (χ1n) is 11.3. The highest BCUT2D eigenvalue weighted by molar-refractivity contribution is 5.79. The molecule has 1 aromatic carbocycles. The van der Waals surface area contributed by atoms with Crippen molar-refractivity contribution in [1.29, 1.82) is 0 Å². The van der Waals surface area contributed by atoms with E-state index in [4.69, 9.17) is 9.73 Å². The zero-order valence-electron chi connectivity index (χ0n) is 17.8. The molecule has 0 radical (unpaired) electrons. The Balaban J connectivity index is 1.46. The zero-order valence-corrected chi connectivity index (χ0v) is 17.8. The molecule has 1 aromatic rings. The Hall–Kier alpha value is -2.24. The second kappa shape index (κ2) is 11.7. The largest absolute Gasteiger partial charge is 0.493 e. The molecule has 3 rings (SSSR count). The number of nitrogens with zero attached hydrogens (tertiary/aromatic N) is 2. The van der Waals surface area contributed by atoms with Crippen molar-refractivity contribution in [3.05, 3.63) is 29.8 Å². The number of carbonyl (C=O) groups is 1. The minimum atomic E-state index is 0.311. The van der Waals surface area contributed by atoms with E-state index < -0.39 is 0 Å². The molecule has 0 atom stereocenters. The van der Waals surface area contributed by atoms with Crippen molar-refractivity contribution < 1.29 is 9.53 Å². The van der Waals surface area contributed by atoms with Crippen LogP contribution in [-0.4, -0.2) is 49.6 Å². The fourth-order valence-electron chi connectivity index (χ4n) is 3.53. The molecule has 1 aliphatic carbocycles. The molecular formula is C23H36N4O2. The maximum atomic E-state index is 12.1. The quantitative estimate of drug-likeness (QED) is 0.359. The second-order valence-corrected chi connectivity index (χ2v) is 8.03. The summed E-state index contributed by atoms with van der Waals surface area (Å²) in [6.07, 6.45) is 7.55. The Morgan fingerprint density at radius 1 is 1.21 bits per heavy atom. The van der Waals surface area contributed by atoms with Crippen molar-refractivity contribution in [2.75, 3.05) is 32.8 Å². The summed E-state index contributed by atoms with van der Waals surface area (Å²) in [4.78, 5) is 18.8. The van der Waals surface area contributed by atoms with Gasteiger partial charge in [0.05, 0.1) is 13.2 Å². The summed E-state index contributed by atoms with van der Waals surface area (Å²) < 4.78 is 5.99. The molecule has 1 amide bonds. The molecule has 2 aliphatic rings. The van der Waals surface area contributed by atoms with Crippen LogP contribution in [0, 0.1) is 5.92 Å². The highest BCUT2D eigenvalue weighted by atomic mass is 16.5. The Labute approximate surface area is 175 Å². The van der Waals surface area contributed by atoms with Gasteiger partial charge in [-0.15, -0.1) is 0 Å². The predicted molar refractivity (Wildman–Crippen MR) is 117 cm³/mol. The monoisotopic (exact) mass is 400 g/mol. The highest BCUT2D eigenvalue weighted by Crippen LogP contribution is 2.30. The van der Waals surface area contributed by atoms with E-state index in [9.17, 15) is 4.79 Å². The van der Waals surface area contributed by atoms with E-state index >= 15 is 0 Å². The molecule has 0 unspecified atom stereocenters. The van der Waals surface area contributed by atoms with Crippen molar-refractivity contribution in [3.8, 4) is 5.75 Å². The molecule has 0 bridgehead atoms. The first kappa shape index (κ1) is 21.5. The lowest BCUT2D eigenvalue weighted by Crippen LogP contribution is -2.39. The smallest absolute Gasteiger partial charge is 0.222 e. The summed E-state index contributed by atoms with van der Waals surface area (Å²) >= 11 is 0. The molecule has 1 saturated carbocycles. The number of hydrogen-bond donors (Lipinski definition) is 2. The maximum absolute atomic E-state index is 12.1. The van der Waals surface area contributed by atoms with E-state index in [2.05, 4.69) is 23.6 Å². The fourth-order valence-corrected chi connectivity index (χ4v) is 3.53. The summed E-state index contributed by atoms with van der Waals surface area (Å²) in [5, 5.41) is 6.71. The number of hydrogen-bond acceptors (Lipinski definition) is 3. The molecule has 1 heterocycles. The summed E-state index contributed by atoms with van der Waals surface area (Å²) in [5.74, 6) is 2.80. The third-order valence-corrected chi connectivity index (χ3v) is 5.46. The lowest BCUT2D eigenvalue weighted by Gasteiger charge is -2.20. The fraction of sp³-hybridized carbons (Fsp3) is 0.652. The lowest BCUT2D eigenvalue weighted by molar-refractivity contribution is -0.130. The third kappa shape index (κ3) is 7.59. The summed E-state index contributed by atoms with van der Waals surface area (Å²) in [6, 6.07) is 8.17. The molecule has 2 N–H and O–H groups in total. The van der Waals surface area contributed by atoms with Crippen LogP contribution in [0.4, 0.5) is 0 Å². The van der Waals surface area contributed by atoms with Gasteiger partial charge in [0.1, 0.15) is 5.75 Å². The van der Waals surface area contributed by atoms with E-state index in [0.29, 0.717) is 18.9 Å². The van der Waals surface area contributed by atoms with E-state index in [1.807, 2.05) is 23.1 Å². The summed E-state index contributed by atoms with van der Waals surface area (Å²) in [6.45, 7) is 6.81. The van der Waals surface area contributed by atoms with Gasteiger partial charge in [-0.2, -0.15) is 0 Å². The van der Waals surface area contributed by atoms with Gasteiger partial charge < -0.3 is 20.3 Å². The number of benzene rings is 1. The van der Waals surface area contributed by atoms with Gasteiger partial charge in [0.15, 0.2) is 5.96 Å². The van der Waals surface area contributed by atoms with Crippen molar-refractivity contribution in [3.63, 3.8) is 0 Å². The molecule has 160 valence electrons. The minimum absolute atomic E-state index is 0.311. The van der Waals surface area contributed by atoms with E-state index in [1.165, 1.54) is 19.3 Å². The first-order valence-corrected chi connectivity index (χ1v) is 11.3. The molecule has 0 spiro atoms. The van der Waals surface area contributed by atoms with Crippen LogP contribution in [0.5, 0.6) is 5.75 Å². The number of carbonyl (C=O) groups excluding carboxylic acids is 1. The van der Waals surface area contributed by atoms with Crippen molar-refractivity contribution in [2.24, 2.45) is 10.9 Å². The number of guanidine groups is 1. The van der Waals surface area contributed by atoms with Gasteiger partial charge in [-0.1, -0.05) is 24.6 Å². The lowest BCUT2D eigenvalue weighted by atomic mass is 10.2. The summed E-state index contributed by atoms with van der Waals surface area (Å²) in [7, 11) is 0. The number of para-hydroxylation sites is 1. The van der Waals surface area contributed by atoms with Gasteiger partial charge in [-0.25, -0.2) is 4.99 Å². The van der Waals surface area contributed by atoms with E-state index in [0.717, 1.165) is 75.2 Å². The van der Waals surface area contributed by atoms with Gasteiger partial charge in [-0.3, -0.25) is 4.79 Å². The second-order valence-electron chi connectivity index (χ2n) is 8.03. The van der Waals surface area contributed by atoms with Crippen LogP contribution in [0.15, 0.2) is 29.3 Å². The maximum Gasteiger partial charge on any atom is 0.222 e. The van der Waals surface area contributed by atoms with Crippen molar-refractivity contribution in [2.45, 2.75) is 58.4 Å². The molecule has 2 fully saturated rings. The van der Waals surface area contributed by atoms with Gasteiger partial charge in [-0.05, 0) is 51.0 Å². The first-order chi connectivity index (χ1) is 14.3. The summed E-state index contributed by atoms with van der Waals surface area (Å²) in [5.41, 5.74) is 1.11. The Kier molecular flexibility index (Phi) is 8.65. The predicted octanol–water partition coefficient (Wildman–Crippen LogP) is 3.32. The average molecular weight is 401 g/mol. The number of likely N-dealkylation sites (tertiary alicyclic amines) is 1. The van der Waals surface area contributed by atoms with Crippen LogP contribution in [0.1, 0.15) is 57.4 Å². The van der Waals surface area contributed by atoms with Crippen LogP contribution < -0.4 is 15.4 Å². The Morgan fingerprint density at radius 3 is 2.90 bits per heavy atom. The van der Waals surface area contributed by atoms with Gasteiger partial charge in [0.25, 0.3) is 0 Å². The Bertz CT molecular complexity index is 673. The van der Waals surface area contributed by atoms with E-state index in [-0.39, 0.29) is 0 Å². The standard InChI is InChI=1S/C23H36N4O2/c1-2-24-23(25-14-8-16-27-15-7-3-4-11-22(27)28)26-17-20-9-5-6-10-21(20)29-18-19-12-13-19/h5-6,9-10,19H,2-4,7-8,11-18H2,1H3,(H2,24,25,26). The number of ether oxygens (including phenoxy) is 1. The van der Waals surface area contributed by atoms with Crippen LogP contribution in [0.25, 0.3) is 0 Å². The highest BCUT2D eigenvalue weighted by Gasteiger charge is 2.22. The van der Waals surface area contributed by atoms with Crippen LogP contribution in [0.3, 0.4) is 0 Å². The minimum Gasteiger partial charge on any atom is -0.493 e. The van der Waals surface area contributed by atoms with Crippen LogP contribution in [0.2, 0.25) is 0 Å². The van der Waals surface area contributed by atoms with Crippen molar-refractivity contribution in [1.82, 2.24) is 15.5 Å². The number of aliphatic imine (C=N–C) groups is 1. The van der Waals surface area contributed by atoms with Crippen LogP contribution in [-0.2, 0) is 11.3 Å². The molecule has 6 heteroatoms.